The molecule has 0 atom stereocenters. The molecule has 0 N–H and O–H groups in total. The van der Waals surface area contributed by atoms with Crippen molar-refractivity contribution in [3.63, 3.8) is 0 Å². The van der Waals surface area contributed by atoms with E-state index in [9.17, 15) is 0 Å². The second-order valence-electron chi connectivity index (χ2n) is 13.5. The topological polar surface area (TPSA) is 30.7 Å². The maximum absolute atomic E-state index is 5.43. The van der Waals surface area contributed by atoms with Crippen LogP contribution in [0.2, 0.25) is 0 Å². The molecule has 5 heteroatoms. The van der Waals surface area contributed by atoms with Gasteiger partial charge < -0.3 is 0 Å². The van der Waals surface area contributed by atoms with E-state index < -0.39 is 0 Å². The molecule has 0 spiro atoms. The lowest BCUT2D eigenvalue weighted by Crippen LogP contribution is -2.05. The Morgan fingerprint density at radius 3 is 1.98 bits per heavy atom. The molecule has 0 fully saturated rings. The maximum Gasteiger partial charge on any atom is 0.235 e. The van der Waals surface area contributed by atoms with Gasteiger partial charge in [0.05, 0.1) is 22.4 Å². The Kier molecular flexibility index (Phi) is 6.63. The number of rotatable bonds is 4. The summed E-state index contributed by atoms with van der Waals surface area (Å²) in [6, 6.07) is 56.6. The van der Waals surface area contributed by atoms with Crippen molar-refractivity contribution < 1.29 is 0 Å². The van der Waals surface area contributed by atoms with Gasteiger partial charge in [0, 0.05) is 52.1 Å². The number of para-hydroxylation sites is 1. The Bertz CT molecular complexity index is 2990. The van der Waals surface area contributed by atoms with Crippen LogP contribution in [0.4, 0.5) is 0 Å². The smallest absolute Gasteiger partial charge is 0.235 e. The first-order valence-corrected chi connectivity index (χ1v) is 19.1. The summed E-state index contributed by atoms with van der Waals surface area (Å²) in [5, 5.41) is 4.86. The van der Waals surface area contributed by atoms with Crippen molar-refractivity contribution in [1.29, 1.82) is 0 Å². The summed E-state index contributed by atoms with van der Waals surface area (Å²) in [5.41, 5.74) is 13.8. The summed E-state index contributed by atoms with van der Waals surface area (Å²) in [4.78, 5) is 10.9. The van der Waals surface area contributed by atoms with Crippen LogP contribution in [-0.2, 0) is 6.42 Å². The summed E-state index contributed by atoms with van der Waals surface area (Å²) >= 11 is 5.72. The zero-order valence-corrected chi connectivity index (χ0v) is 30.2. The molecule has 0 radical (unpaired) electrons. The number of halogens is 1. The van der Waals surface area contributed by atoms with Crippen LogP contribution in [0.1, 0.15) is 11.1 Å². The van der Waals surface area contributed by atoms with Gasteiger partial charge >= 0.3 is 0 Å². The van der Waals surface area contributed by atoms with E-state index in [-0.39, 0.29) is 0 Å². The molecule has 0 unspecified atom stereocenters. The predicted octanol–water partition coefficient (Wildman–Crippen LogP) is 13.3. The van der Waals surface area contributed by atoms with E-state index in [0.29, 0.717) is 5.95 Å². The molecule has 11 rings (SSSR count). The molecule has 52 heavy (non-hydrogen) atoms. The molecule has 3 aromatic heterocycles. The second-order valence-corrected chi connectivity index (χ2v) is 15.4. The van der Waals surface area contributed by atoms with Crippen molar-refractivity contribution >= 4 is 69.2 Å². The van der Waals surface area contributed by atoms with Crippen LogP contribution < -0.4 is 0 Å². The van der Waals surface area contributed by atoms with Crippen LogP contribution in [0.25, 0.3) is 92.7 Å². The zero-order valence-electron chi connectivity index (χ0n) is 27.8. The van der Waals surface area contributed by atoms with Gasteiger partial charge in [-0.2, -0.15) is 0 Å². The number of nitrogens with zero attached hydrogens (tertiary/aromatic N) is 3. The highest BCUT2D eigenvalue weighted by Gasteiger charge is 2.25. The van der Waals surface area contributed by atoms with Crippen molar-refractivity contribution in [3.8, 4) is 50.7 Å². The maximum atomic E-state index is 5.43. The SMILES string of the molecule is Brc1cccc2c1-c1cc(-c3cccc4c5ccc6sc7ccccc7c6c5n(-c5nc(-c6ccccc6)cc(-c6ccccc6)n5)c34)ccc1C2. The number of hydrogen-bond acceptors (Lipinski definition) is 3. The minimum Gasteiger partial charge on any atom is -0.277 e. The summed E-state index contributed by atoms with van der Waals surface area (Å²) < 4.78 is 6.02. The lowest BCUT2D eigenvalue weighted by atomic mass is 9.97. The normalized spacial score (nSPS) is 12.2. The first-order valence-electron chi connectivity index (χ1n) is 17.5. The van der Waals surface area contributed by atoms with Crippen molar-refractivity contribution in [1.82, 2.24) is 14.5 Å². The van der Waals surface area contributed by atoms with Crippen LogP contribution in [0.3, 0.4) is 0 Å². The molecule has 244 valence electrons. The molecular formula is C47H28BrN3S. The first-order chi connectivity index (χ1) is 25.7. The Balaban J connectivity index is 1.29. The van der Waals surface area contributed by atoms with Gasteiger partial charge in [-0.25, -0.2) is 9.97 Å². The van der Waals surface area contributed by atoms with Gasteiger partial charge in [0.15, 0.2) is 0 Å². The van der Waals surface area contributed by atoms with Crippen LogP contribution in [0.5, 0.6) is 0 Å². The van der Waals surface area contributed by atoms with Gasteiger partial charge in [0.1, 0.15) is 0 Å². The summed E-state index contributed by atoms with van der Waals surface area (Å²) in [6.07, 6.45) is 0.945. The van der Waals surface area contributed by atoms with Crippen molar-refractivity contribution in [2.24, 2.45) is 0 Å². The fraction of sp³-hybridized carbons (Fsp3) is 0.0213. The van der Waals surface area contributed by atoms with Gasteiger partial charge in [-0.05, 0) is 64.6 Å². The van der Waals surface area contributed by atoms with Crippen LogP contribution >= 0.6 is 27.3 Å². The van der Waals surface area contributed by atoms with Gasteiger partial charge in [-0.1, -0.05) is 143 Å². The summed E-state index contributed by atoms with van der Waals surface area (Å²) in [5.74, 6) is 0.657. The fourth-order valence-electron chi connectivity index (χ4n) is 8.20. The Hall–Kier alpha value is -5.88. The molecule has 0 aliphatic heterocycles. The van der Waals surface area contributed by atoms with Gasteiger partial charge in [-0.3, -0.25) is 4.57 Å². The average Bonchev–Trinajstić information content (AvgIpc) is 3.88. The highest BCUT2D eigenvalue weighted by molar-refractivity contribution is 9.10. The first kappa shape index (κ1) is 29.8. The van der Waals surface area contributed by atoms with E-state index in [0.717, 1.165) is 50.0 Å². The molecule has 10 aromatic rings. The second kappa shape index (κ2) is 11.6. The third-order valence-corrected chi connectivity index (χ3v) is 12.3. The van der Waals surface area contributed by atoms with Gasteiger partial charge in [0.25, 0.3) is 0 Å². The van der Waals surface area contributed by atoms with E-state index in [4.69, 9.17) is 9.97 Å². The van der Waals surface area contributed by atoms with E-state index >= 15 is 0 Å². The molecule has 0 saturated carbocycles. The van der Waals surface area contributed by atoms with E-state index in [2.05, 4.69) is 178 Å². The zero-order chi connectivity index (χ0) is 34.3. The molecular weight excluding hydrogens is 719 g/mol. The Morgan fingerprint density at radius 1 is 0.500 bits per heavy atom. The molecule has 1 aliphatic carbocycles. The van der Waals surface area contributed by atoms with Gasteiger partial charge in [-0.15, -0.1) is 11.3 Å². The van der Waals surface area contributed by atoms with Crippen molar-refractivity contribution in [2.75, 3.05) is 0 Å². The number of thiophene rings is 1. The monoisotopic (exact) mass is 745 g/mol. The predicted molar refractivity (Wildman–Crippen MR) is 222 cm³/mol. The third-order valence-electron chi connectivity index (χ3n) is 10.5. The molecule has 0 saturated heterocycles. The van der Waals surface area contributed by atoms with Crippen LogP contribution in [-0.4, -0.2) is 14.5 Å². The lowest BCUT2D eigenvalue weighted by Gasteiger charge is -2.14. The fourth-order valence-corrected chi connectivity index (χ4v) is 9.93. The largest absolute Gasteiger partial charge is 0.277 e. The molecule has 0 bridgehead atoms. The minimum atomic E-state index is 0.657. The molecule has 3 nitrogen and oxygen atoms in total. The highest BCUT2D eigenvalue weighted by Crippen LogP contribution is 2.47. The van der Waals surface area contributed by atoms with E-state index in [1.807, 2.05) is 11.3 Å². The quantitative estimate of drug-likeness (QED) is 0.180. The number of hydrogen-bond donors (Lipinski definition) is 0. The molecule has 0 amide bonds. The number of fused-ring (bicyclic) bond motifs is 10. The Morgan fingerprint density at radius 2 is 1.19 bits per heavy atom. The van der Waals surface area contributed by atoms with Crippen molar-refractivity contribution in [3.05, 3.63) is 173 Å². The third kappa shape index (κ3) is 4.49. The molecule has 7 aromatic carbocycles. The molecule has 1 aliphatic rings. The van der Waals surface area contributed by atoms with Crippen LogP contribution in [0.15, 0.2) is 162 Å². The van der Waals surface area contributed by atoms with Crippen molar-refractivity contribution in [2.45, 2.75) is 6.42 Å². The highest BCUT2D eigenvalue weighted by atomic mass is 79.9. The lowest BCUT2D eigenvalue weighted by molar-refractivity contribution is 0.999. The van der Waals surface area contributed by atoms with Gasteiger partial charge in [0.2, 0.25) is 5.95 Å². The number of benzene rings is 7. The van der Waals surface area contributed by atoms with E-state index in [1.54, 1.807) is 0 Å². The standard InChI is InChI=1S/C47H28BrN3S/c48-38-19-9-15-32-25-30-21-22-31(26-37(30)43(32)38)33-17-10-18-34-35-23-24-42-44(36-16-7-8-20-41(36)52-42)46(35)51(45(33)34)47-49-39(28-11-3-1-4-12-28)27-40(50-47)29-13-5-2-6-14-29/h1-24,26-27H,25H2. The summed E-state index contributed by atoms with van der Waals surface area (Å²) in [7, 11) is 0. The Labute approximate surface area is 312 Å². The minimum absolute atomic E-state index is 0.657. The van der Waals surface area contributed by atoms with E-state index in [1.165, 1.54) is 58.8 Å². The molecule has 3 heterocycles. The number of aromatic nitrogens is 3. The van der Waals surface area contributed by atoms with Crippen LogP contribution in [0, 0.1) is 0 Å². The summed E-state index contributed by atoms with van der Waals surface area (Å²) in [6.45, 7) is 0. The average molecular weight is 747 g/mol.